The van der Waals surface area contributed by atoms with Crippen LogP contribution in [0.15, 0.2) is 0 Å². The molecule has 0 aromatic rings. The van der Waals surface area contributed by atoms with Gasteiger partial charge in [-0.1, -0.05) is 79.1 Å². The molecule has 0 aliphatic carbocycles. The third kappa shape index (κ3) is 35.4. The van der Waals surface area contributed by atoms with Crippen molar-refractivity contribution in [1.82, 2.24) is 0 Å². The summed E-state index contributed by atoms with van der Waals surface area (Å²) in [4.78, 5) is 42.6. The van der Waals surface area contributed by atoms with Gasteiger partial charge in [-0.15, -0.1) is 0 Å². The van der Waals surface area contributed by atoms with Gasteiger partial charge in [0.2, 0.25) is 0 Å². The Bertz CT molecular complexity index is 657. The second-order valence-electron chi connectivity index (χ2n) is 12.6. The molecule has 0 aliphatic rings. The summed E-state index contributed by atoms with van der Waals surface area (Å²) in [6.45, 7) is 12.9. The summed E-state index contributed by atoms with van der Waals surface area (Å²) < 4.78 is 3.33. The van der Waals surface area contributed by atoms with Crippen LogP contribution in [-0.4, -0.2) is 45.0 Å². The van der Waals surface area contributed by atoms with E-state index in [0.717, 1.165) is 51.4 Å². The molecule has 0 N–H and O–H groups in total. The molecule has 0 spiro atoms. The molecule has 0 saturated carbocycles. The molecule has 0 saturated heterocycles. The Morgan fingerprint density at radius 2 is 0.822 bits per heavy atom. The zero-order valence-corrected chi connectivity index (χ0v) is 33.9. The van der Waals surface area contributed by atoms with Gasteiger partial charge in [0.1, 0.15) is 0 Å². The van der Waals surface area contributed by atoms with Gasteiger partial charge in [0.25, 0.3) is 0 Å². The monoisotopic (exact) mass is 748 g/mol. The molecule has 0 aromatic heterocycles. The normalized spacial score (nSPS) is 13.3. The van der Waals surface area contributed by atoms with E-state index in [2.05, 4.69) is 41.5 Å². The van der Waals surface area contributed by atoms with Crippen molar-refractivity contribution in [2.45, 2.75) is 179 Å². The molecule has 4 atom stereocenters. The van der Waals surface area contributed by atoms with E-state index in [-0.39, 0.29) is 34.0 Å². The van der Waals surface area contributed by atoms with E-state index < -0.39 is 35.7 Å². The van der Waals surface area contributed by atoms with Crippen molar-refractivity contribution in [3.05, 3.63) is 0 Å². The first-order chi connectivity index (χ1) is 21.4. The second-order valence-corrected chi connectivity index (χ2v) is 18.7. The van der Waals surface area contributed by atoms with E-state index in [9.17, 15) is 39.6 Å². The predicted octanol–water partition coefficient (Wildman–Crippen LogP) is 4.35. The number of aliphatic carboxylic acids is 4. The van der Waals surface area contributed by atoms with E-state index in [1.54, 1.807) is 8.87 Å². The Kier molecular flexibility index (Phi) is 38.0. The summed E-state index contributed by atoms with van der Waals surface area (Å²) >= 11 is -0.159. The van der Waals surface area contributed by atoms with Crippen LogP contribution in [0.5, 0.6) is 0 Å². The number of carbonyl (C=O) groups excluding carboxylic acids is 4. The Labute approximate surface area is 286 Å². The zero-order chi connectivity index (χ0) is 34.9. The van der Waals surface area contributed by atoms with E-state index in [1.165, 1.54) is 25.7 Å². The van der Waals surface area contributed by atoms with Gasteiger partial charge in [0, 0.05) is 23.9 Å². The van der Waals surface area contributed by atoms with Gasteiger partial charge in [0.05, 0.1) is 0 Å². The standard InChI is InChI=1S/2C14H26O4.2C4H9.Sn.2H/c2*1-3-5-7-11(4-2)10-12(14(17)18)8-6-9-13(15)16;2*1-3-4-2;;;/h2*11-12H,3-10H2,1-2H3,(H,15,16)(H,17,18);2*1,3-4H2,2H3;;;/q;;;;+4;;/p-4. The molecule has 0 bridgehead atoms. The molecule has 0 aromatic carbocycles. The van der Waals surface area contributed by atoms with E-state index in [1.807, 2.05) is 0 Å². The van der Waals surface area contributed by atoms with Gasteiger partial charge in [-0.3, -0.25) is 0 Å². The average Bonchev–Trinajstić information content (AvgIpc) is 2.99. The van der Waals surface area contributed by atoms with Crippen molar-refractivity contribution in [3.63, 3.8) is 0 Å². The van der Waals surface area contributed by atoms with Crippen molar-refractivity contribution in [1.29, 1.82) is 0 Å². The summed E-state index contributed by atoms with van der Waals surface area (Å²) in [5, 5.41) is 42.6. The maximum atomic E-state index is 11.0. The van der Waals surface area contributed by atoms with Crippen LogP contribution >= 0.6 is 0 Å². The van der Waals surface area contributed by atoms with Crippen molar-refractivity contribution < 1.29 is 39.6 Å². The Hall–Kier alpha value is -1.32. The molecule has 45 heavy (non-hydrogen) atoms. The van der Waals surface area contributed by atoms with Crippen LogP contribution in [0.1, 0.15) is 170 Å². The third-order valence-corrected chi connectivity index (χ3v) is 14.3. The van der Waals surface area contributed by atoms with Gasteiger partial charge < -0.3 is 39.6 Å². The second kappa shape index (κ2) is 35.5. The van der Waals surface area contributed by atoms with Crippen LogP contribution < -0.4 is 20.4 Å². The molecule has 264 valence electrons. The van der Waals surface area contributed by atoms with Gasteiger partial charge in [-0.25, -0.2) is 0 Å². The number of carboxylic acid groups (broad SMARTS) is 4. The molecule has 0 heterocycles. The molecule has 4 radical (unpaired) electrons. The fourth-order valence-electron chi connectivity index (χ4n) is 5.45. The van der Waals surface area contributed by atoms with Gasteiger partial charge in [0.15, 0.2) is 0 Å². The first-order valence-corrected chi connectivity index (χ1v) is 24.0. The predicted molar refractivity (Wildman–Crippen MR) is 179 cm³/mol. The van der Waals surface area contributed by atoms with Crippen molar-refractivity contribution in [2.24, 2.45) is 23.7 Å². The quantitative estimate of drug-likeness (QED) is 0.0844. The van der Waals surface area contributed by atoms with Gasteiger partial charge in [-0.05, 0) is 75.0 Å². The molecular weight excluding hydrogens is 679 g/mol. The third-order valence-electron chi connectivity index (χ3n) is 8.56. The molecule has 0 rings (SSSR count). The first-order valence-electron chi connectivity index (χ1n) is 18.2. The Balaban J connectivity index is -0.000000622. The van der Waals surface area contributed by atoms with Crippen LogP contribution in [0.25, 0.3) is 0 Å². The SMILES string of the molecule is CCCCC(CC)CC(CCCC(=O)[O-])C(=O)[O-].CCCCC(CC)CC(CCCC(=O)[O-])C(=O)[O-].CCC[CH2][SnH2+4][CH2]CCC. The van der Waals surface area contributed by atoms with Gasteiger partial charge in [-0.2, -0.15) is 0 Å². The van der Waals surface area contributed by atoms with E-state index >= 15 is 0 Å². The molecule has 9 heteroatoms. The molecule has 4 unspecified atom stereocenters. The summed E-state index contributed by atoms with van der Waals surface area (Å²) in [5.74, 6) is -4.59. The summed E-state index contributed by atoms with van der Waals surface area (Å²) in [7, 11) is 0. The van der Waals surface area contributed by atoms with Crippen LogP contribution in [0.2, 0.25) is 8.87 Å². The summed E-state index contributed by atoms with van der Waals surface area (Å²) in [6.07, 6.45) is 16.8. The van der Waals surface area contributed by atoms with E-state index in [0.29, 0.717) is 50.4 Å². The number of unbranched alkanes of at least 4 members (excludes halogenated alkanes) is 4. The van der Waals surface area contributed by atoms with Crippen LogP contribution in [0.3, 0.4) is 0 Å². The molecule has 0 aliphatic heterocycles. The zero-order valence-electron chi connectivity index (χ0n) is 29.8. The maximum absolute atomic E-state index is 11.0. The molecule has 8 nitrogen and oxygen atoms in total. The molecular formula is C36H68O8Sn. The molecule has 0 amide bonds. The van der Waals surface area contributed by atoms with Crippen molar-refractivity contribution >= 4 is 45.0 Å². The number of hydrogen-bond donors (Lipinski definition) is 0. The summed E-state index contributed by atoms with van der Waals surface area (Å²) in [5.41, 5.74) is 0. The van der Waals surface area contributed by atoms with Gasteiger partial charge >= 0.3 is 69.5 Å². The number of carbonyl (C=O) groups is 4. The summed E-state index contributed by atoms with van der Waals surface area (Å²) in [6, 6.07) is 0. The van der Waals surface area contributed by atoms with E-state index in [4.69, 9.17) is 0 Å². The number of rotatable bonds is 28. The van der Waals surface area contributed by atoms with Crippen molar-refractivity contribution in [2.75, 3.05) is 0 Å². The minimum absolute atomic E-state index is 0.0739. The fourth-order valence-corrected chi connectivity index (χ4v) is 11.3. The van der Waals surface area contributed by atoms with Crippen LogP contribution in [-0.2, 0) is 19.2 Å². The number of hydrogen-bond acceptors (Lipinski definition) is 8. The van der Waals surface area contributed by atoms with Crippen LogP contribution in [0.4, 0.5) is 0 Å². The minimum atomic E-state index is -1.12. The Morgan fingerprint density at radius 3 is 1.07 bits per heavy atom. The van der Waals surface area contributed by atoms with Crippen LogP contribution in [0, 0.1) is 23.7 Å². The fraction of sp³-hybridized carbons (Fsp3) is 0.889. The number of carboxylic acids is 4. The molecule has 0 fully saturated rings. The average molecular weight is 748 g/mol. The Morgan fingerprint density at radius 1 is 0.489 bits per heavy atom. The van der Waals surface area contributed by atoms with Crippen molar-refractivity contribution in [3.8, 4) is 0 Å². The first kappa shape index (κ1) is 48.1. The topological polar surface area (TPSA) is 161 Å².